The van der Waals surface area contributed by atoms with E-state index in [2.05, 4.69) is 0 Å². The van der Waals surface area contributed by atoms with Crippen LogP contribution in [0, 0.1) is 0 Å². The van der Waals surface area contributed by atoms with Gasteiger partial charge in [0.15, 0.2) is 9.84 Å². The minimum Gasteiger partial charge on any atom is -0.392 e. The molecule has 0 aromatic rings. The quantitative estimate of drug-likeness (QED) is 0.547. The molecule has 82 valence electrons. The second-order valence-corrected chi connectivity index (χ2v) is 6.30. The van der Waals surface area contributed by atoms with E-state index in [1.807, 2.05) is 4.90 Å². The van der Waals surface area contributed by atoms with Gasteiger partial charge >= 0.3 is 0 Å². The monoisotopic (exact) mass is 221 g/mol. The summed E-state index contributed by atoms with van der Waals surface area (Å²) in [6.45, 7) is 1.16. The second kappa shape index (κ2) is 3.44. The van der Waals surface area contributed by atoms with E-state index in [0.29, 0.717) is 19.5 Å². The van der Waals surface area contributed by atoms with Crippen LogP contribution < -0.4 is 0 Å². The smallest absolute Gasteiger partial charge is 0.154 e. The molecule has 2 N–H and O–H groups in total. The fraction of sp³-hybridized carbons (Fsp3) is 1.00. The van der Waals surface area contributed by atoms with Crippen LogP contribution in [0.3, 0.4) is 0 Å². The summed E-state index contributed by atoms with van der Waals surface area (Å²) in [5, 5.41) is 18.9. The number of aliphatic hydroxyl groups excluding tert-OH is 2. The first-order chi connectivity index (χ1) is 6.48. The fourth-order valence-electron chi connectivity index (χ4n) is 2.23. The molecule has 5 nitrogen and oxygen atoms in total. The zero-order valence-electron chi connectivity index (χ0n) is 7.83. The molecule has 2 rings (SSSR count). The largest absolute Gasteiger partial charge is 0.392 e. The summed E-state index contributed by atoms with van der Waals surface area (Å²) in [4.78, 5) is 1.87. The molecular weight excluding hydrogens is 206 g/mol. The van der Waals surface area contributed by atoms with Gasteiger partial charge in [0.05, 0.1) is 29.8 Å². The Labute approximate surface area is 83.3 Å². The van der Waals surface area contributed by atoms with Crippen molar-refractivity contribution in [2.75, 3.05) is 24.6 Å². The highest BCUT2D eigenvalue weighted by molar-refractivity contribution is 7.91. The lowest BCUT2D eigenvalue weighted by Crippen LogP contribution is -2.42. The van der Waals surface area contributed by atoms with Crippen molar-refractivity contribution in [1.82, 2.24) is 4.90 Å². The Bertz CT molecular complexity index is 315. The van der Waals surface area contributed by atoms with Gasteiger partial charge < -0.3 is 10.2 Å². The van der Waals surface area contributed by atoms with Crippen LogP contribution in [0.2, 0.25) is 0 Å². The maximum atomic E-state index is 11.2. The van der Waals surface area contributed by atoms with Crippen molar-refractivity contribution in [3.05, 3.63) is 0 Å². The first-order valence-electron chi connectivity index (χ1n) is 4.78. The van der Waals surface area contributed by atoms with E-state index >= 15 is 0 Å². The SMILES string of the molecule is O=S1(=O)CC(O)C(N2CC[C@@H](O)C2)C1. The van der Waals surface area contributed by atoms with Gasteiger partial charge in [-0.25, -0.2) is 8.42 Å². The molecule has 0 radical (unpaired) electrons. The highest BCUT2D eigenvalue weighted by atomic mass is 32.2. The molecule has 0 spiro atoms. The highest BCUT2D eigenvalue weighted by Gasteiger charge is 2.41. The van der Waals surface area contributed by atoms with E-state index in [9.17, 15) is 18.6 Å². The van der Waals surface area contributed by atoms with Crippen LogP contribution in [0.5, 0.6) is 0 Å². The number of hydrogen-bond acceptors (Lipinski definition) is 5. The highest BCUT2D eigenvalue weighted by Crippen LogP contribution is 2.22. The van der Waals surface area contributed by atoms with Crippen LogP contribution in [-0.2, 0) is 9.84 Å². The molecule has 2 heterocycles. The molecule has 0 aromatic carbocycles. The van der Waals surface area contributed by atoms with E-state index in [1.165, 1.54) is 0 Å². The van der Waals surface area contributed by atoms with Crippen LogP contribution in [0.1, 0.15) is 6.42 Å². The number of β-amino-alcohol motifs (C(OH)–C–C–N with tert-alkyl or cyclic N) is 1. The third-order valence-corrected chi connectivity index (χ3v) is 4.66. The predicted molar refractivity (Wildman–Crippen MR) is 50.6 cm³/mol. The number of aliphatic hydroxyl groups is 2. The second-order valence-electron chi connectivity index (χ2n) is 4.15. The number of rotatable bonds is 1. The summed E-state index contributed by atoms with van der Waals surface area (Å²) in [5.74, 6) is -0.106. The van der Waals surface area contributed by atoms with Crippen molar-refractivity contribution in [1.29, 1.82) is 0 Å². The maximum absolute atomic E-state index is 11.2. The molecule has 2 unspecified atom stereocenters. The molecule has 0 amide bonds. The van der Waals surface area contributed by atoms with Crippen LogP contribution >= 0.6 is 0 Å². The Kier molecular flexibility index (Phi) is 2.55. The number of nitrogens with zero attached hydrogens (tertiary/aromatic N) is 1. The zero-order chi connectivity index (χ0) is 10.3. The molecule has 0 aliphatic carbocycles. The number of hydrogen-bond donors (Lipinski definition) is 2. The van der Waals surface area contributed by atoms with Gasteiger partial charge in [0.25, 0.3) is 0 Å². The Hall–Kier alpha value is -0.170. The fourth-order valence-corrected chi connectivity index (χ4v) is 4.06. The third-order valence-electron chi connectivity index (χ3n) is 2.96. The molecule has 3 atom stereocenters. The summed E-state index contributed by atoms with van der Waals surface area (Å²) in [6, 6.07) is -0.308. The molecule has 0 aromatic heterocycles. The van der Waals surface area contributed by atoms with E-state index in [-0.39, 0.29) is 23.7 Å². The lowest BCUT2D eigenvalue weighted by molar-refractivity contribution is 0.0868. The Morgan fingerprint density at radius 1 is 1.21 bits per heavy atom. The molecular formula is C8H15NO4S. The summed E-state index contributed by atoms with van der Waals surface area (Å²) in [5.41, 5.74) is 0. The van der Waals surface area contributed by atoms with Gasteiger partial charge in [0.2, 0.25) is 0 Å². The van der Waals surface area contributed by atoms with Crippen molar-refractivity contribution in [3.63, 3.8) is 0 Å². The van der Waals surface area contributed by atoms with Crippen molar-refractivity contribution in [2.24, 2.45) is 0 Å². The van der Waals surface area contributed by atoms with E-state index in [4.69, 9.17) is 0 Å². The lowest BCUT2D eigenvalue weighted by Gasteiger charge is -2.24. The molecule has 14 heavy (non-hydrogen) atoms. The third kappa shape index (κ3) is 1.93. The van der Waals surface area contributed by atoms with E-state index < -0.39 is 15.9 Å². The zero-order valence-corrected chi connectivity index (χ0v) is 8.65. The van der Waals surface area contributed by atoms with Crippen LogP contribution in [0.25, 0.3) is 0 Å². The summed E-state index contributed by atoms with van der Waals surface area (Å²) >= 11 is 0. The minimum absolute atomic E-state index is 0.0287. The van der Waals surface area contributed by atoms with Crippen LogP contribution in [-0.4, -0.2) is 66.4 Å². The standard InChI is InChI=1S/C8H15NO4S/c10-6-1-2-9(3-6)7-4-14(12,13)5-8(7)11/h6-8,10-11H,1-5H2/t6-,7?,8?/m1/s1. The summed E-state index contributed by atoms with van der Waals surface area (Å²) < 4.78 is 22.5. The molecule has 0 bridgehead atoms. The molecule has 2 saturated heterocycles. The van der Waals surface area contributed by atoms with Gasteiger partial charge in [-0.05, 0) is 6.42 Å². The Morgan fingerprint density at radius 2 is 1.93 bits per heavy atom. The van der Waals surface area contributed by atoms with Crippen molar-refractivity contribution in [2.45, 2.75) is 24.7 Å². The van der Waals surface area contributed by atoms with Crippen molar-refractivity contribution in [3.8, 4) is 0 Å². The normalized spacial score (nSPS) is 43.1. The van der Waals surface area contributed by atoms with E-state index in [0.717, 1.165) is 0 Å². The van der Waals surface area contributed by atoms with Gasteiger partial charge in [-0.15, -0.1) is 0 Å². The molecule has 6 heteroatoms. The van der Waals surface area contributed by atoms with Crippen LogP contribution in [0.4, 0.5) is 0 Å². The van der Waals surface area contributed by atoms with E-state index in [1.54, 1.807) is 0 Å². The first-order valence-corrected chi connectivity index (χ1v) is 6.61. The molecule has 2 fully saturated rings. The average molecular weight is 221 g/mol. The van der Waals surface area contributed by atoms with Crippen molar-refractivity contribution >= 4 is 9.84 Å². The predicted octanol–water partition coefficient (Wildman–Crippen LogP) is -1.79. The van der Waals surface area contributed by atoms with Gasteiger partial charge in [-0.3, -0.25) is 4.90 Å². The molecule has 2 aliphatic rings. The van der Waals surface area contributed by atoms with Gasteiger partial charge in [0, 0.05) is 13.1 Å². The van der Waals surface area contributed by atoms with Gasteiger partial charge in [-0.1, -0.05) is 0 Å². The first kappa shape index (κ1) is 10.4. The Balaban J connectivity index is 2.06. The topological polar surface area (TPSA) is 77.8 Å². The van der Waals surface area contributed by atoms with Gasteiger partial charge in [0.1, 0.15) is 0 Å². The molecule has 0 saturated carbocycles. The lowest BCUT2D eigenvalue weighted by atomic mass is 10.2. The number of likely N-dealkylation sites (tertiary alicyclic amines) is 1. The molecule has 2 aliphatic heterocycles. The minimum atomic E-state index is -3.07. The van der Waals surface area contributed by atoms with Gasteiger partial charge in [-0.2, -0.15) is 0 Å². The summed E-state index contributed by atoms with van der Waals surface area (Å²) in [7, 11) is -3.07. The maximum Gasteiger partial charge on any atom is 0.154 e. The summed E-state index contributed by atoms with van der Waals surface area (Å²) in [6.07, 6.45) is -0.487. The number of sulfone groups is 1. The average Bonchev–Trinajstić information content (AvgIpc) is 2.55. The van der Waals surface area contributed by atoms with Crippen LogP contribution in [0.15, 0.2) is 0 Å². The Morgan fingerprint density at radius 3 is 2.36 bits per heavy atom. The van der Waals surface area contributed by atoms with Crippen molar-refractivity contribution < 1.29 is 18.6 Å².